The summed E-state index contributed by atoms with van der Waals surface area (Å²) < 4.78 is 41.1. The van der Waals surface area contributed by atoms with E-state index < -0.39 is 33.5 Å². The molecule has 0 aliphatic heterocycles. The van der Waals surface area contributed by atoms with Crippen molar-refractivity contribution >= 4 is 21.6 Å². The molecule has 0 fully saturated rings. The Hall–Kier alpha value is -1.93. The minimum Gasteiger partial charge on any atom is -0.372 e. The van der Waals surface area contributed by atoms with E-state index in [4.69, 9.17) is 0 Å². The van der Waals surface area contributed by atoms with Crippen LogP contribution in [0.2, 0.25) is 0 Å². The van der Waals surface area contributed by atoms with Gasteiger partial charge in [0, 0.05) is 10.5 Å². The van der Waals surface area contributed by atoms with E-state index >= 15 is 0 Å². The molecule has 8 heteroatoms. The minimum absolute atomic E-state index is 0.502. The molecular weight excluding hydrogens is 367 g/mol. The van der Waals surface area contributed by atoms with Crippen molar-refractivity contribution in [3.05, 3.63) is 74.2 Å². The molecule has 0 aliphatic rings. The van der Waals surface area contributed by atoms with Crippen molar-refractivity contribution < 1.29 is 23.2 Å². The van der Waals surface area contributed by atoms with Crippen molar-refractivity contribution in [2.24, 2.45) is 0 Å². The zero-order valence-electron chi connectivity index (χ0n) is 10.8. The van der Waals surface area contributed by atoms with E-state index in [-0.39, 0.29) is 0 Å². The van der Waals surface area contributed by atoms with Gasteiger partial charge in [0.2, 0.25) is 5.60 Å². The zero-order chi connectivity index (χ0) is 16.5. The molecule has 116 valence electrons. The second kappa shape index (κ2) is 5.69. The van der Waals surface area contributed by atoms with Crippen molar-refractivity contribution in [3.63, 3.8) is 0 Å². The highest BCUT2D eigenvalue weighted by atomic mass is 79.9. The smallest absolute Gasteiger partial charge is 0.372 e. The van der Waals surface area contributed by atoms with Gasteiger partial charge in [0.05, 0.1) is 10.5 Å². The first-order valence-electron chi connectivity index (χ1n) is 5.97. The summed E-state index contributed by atoms with van der Waals surface area (Å²) in [6, 6.07) is 9.03. The summed E-state index contributed by atoms with van der Waals surface area (Å²) in [6.45, 7) is 0. The van der Waals surface area contributed by atoms with Crippen LogP contribution < -0.4 is 0 Å². The Morgan fingerprint density at radius 2 is 1.59 bits per heavy atom. The van der Waals surface area contributed by atoms with E-state index in [2.05, 4.69) is 15.9 Å². The molecule has 0 bridgehead atoms. The van der Waals surface area contributed by atoms with Gasteiger partial charge in [0.25, 0.3) is 5.69 Å². The van der Waals surface area contributed by atoms with E-state index in [0.717, 1.165) is 24.3 Å². The number of para-hydroxylation sites is 1. The lowest BCUT2D eigenvalue weighted by atomic mass is 9.84. The second-order valence-corrected chi connectivity index (χ2v) is 5.40. The van der Waals surface area contributed by atoms with Gasteiger partial charge < -0.3 is 5.11 Å². The number of hydrogen-bond acceptors (Lipinski definition) is 3. The number of aliphatic hydroxyl groups is 1. The lowest BCUT2D eigenvalue weighted by Gasteiger charge is -2.31. The normalized spacial score (nSPS) is 14.4. The fourth-order valence-electron chi connectivity index (χ4n) is 2.10. The SMILES string of the molecule is O=[N+]([O-])c1ccccc1C(O)(c1ccc(Br)cc1)C(F)(F)F. The molecule has 1 N–H and O–H groups in total. The summed E-state index contributed by atoms with van der Waals surface area (Å²) in [5.41, 5.74) is -5.60. The maximum Gasteiger partial charge on any atom is 0.426 e. The molecule has 1 atom stereocenters. The Morgan fingerprint density at radius 3 is 2.09 bits per heavy atom. The Kier molecular flexibility index (Phi) is 4.25. The summed E-state index contributed by atoms with van der Waals surface area (Å²) in [4.78, 5) is 10.0. The lowest BCUT2D eigenvalue weighted by Crippen LogP contribution is -2.43. The Bertz CT molecular complexity index is 703. The molecule has 0 aromatic heterocycles. The average Bonchev–Trinajstić information content (AvgIpc) is 2.46. The second-order valence-electron chi connectivity index (χ2n) is 4.49. The summed E-state index contributed by atoms with van der Waals surface area (Å²) in [7, 11) is 0. The van der Waals surface area contributed by atoms with E-state index in [1.54, 1.807) is 0 Å². The lowest BCUT2D eigenvalue weighted by molar-refractivity contribution is -0.388. The summed E-state index contributed by atoms with van der Waals surface area (Å²) in [6.07, 6.45) is -5.13. The fraction of sp³-hybridized carbons (Fsp3) is 0.143. The summed E-state index contributed by atoms with van der Waals surface area (Å²) in [5, 5.41) is 21.4. The number of halogens is 4. The maximum atomic E-state index is 13.5. The number of nitro groups is 1. The number of nitrogens with zero attached hydrogens (tertiary/aromatic N) is 1. The number of nitro benzene ring substituents is 1. The van der Waals surface area contributed by atoms with E-state index in [9.17, 15) is 28.4 Å². The highest BCUT2D eigenvalue weighted by Gasteiger charge is 2.58. The van der Waals surface area contributed by atoms with Crippen LogP contribution in [0.3, 0.4) is 0 Å². The van der Waals surface area contributed by atoms with Crippen molar-refractivity contribution in [1.82, 2.24) is 0 Å². The summed E-state index contributed by atoms with van der Waals surface area (Å²) in [5.74, 6) is 0. The quantitative estimate of drug-likeness (QED) is 0.647. The first-order valence-corrected chi connectivity index (χ1v) is 6.76. The molecule has 1 unspecified atom stereocenters. The Morgan fingerprint density at radius 1 is 1.05 bits per heavy atom. The van der Waals surface area contributed by atoms with Crippen molar-refractivity contribution in [3.8, 4) is 0 Å². The van der Waals surface area contributed by atoms with Gasteiger partial charge in [-0.3, -0.25) is 10.1 Å². The minimum atomic E-state index is -5.13. The van der Waals surface area contributed by atoms with Gasteiger partial charge >= 0.3 is 6.18 Å². The van der Waals surface area contributed by atoms with Crippen molar-refractivity contribution in [1.29, 1.82) is 0 Å². The van der Waals surface area contributed by atoms with Gasteiger partial charge in [0.1, 0.15) is 0 Å². The van der Waals surface area contributed by atoms with Crippen LogP contribution in [-0.4, -0.2) is 16.2 Å². The predicted molar refractivity (Wildman–Crippen MR) is 76.3 cm³/mol. The van der Waals surface area contributed by atoms with Crippen LogP contribution in [0.15, 0.2) is 53.0 Å². The number of rotatable bonds is 3. The van der Waals surface area contributed by atoms with Crippen LogP contribution in [0, 0.1) is 10.1 Å². The molecule has 0 radical (unpaired) electrons. The molecule has 0 saturated carbocycles. The first-order chi connectivity index (χ1) is 10.2. The number of hydrogen-bond donors (Lipinski definition) is 1. The zero-order valence-corrected chi connectivity index (χ0v) is 12.4. The van der Waals surface area contributed by atoms with Gasteiger partial charge in [-0.25, -0.2) is 0 Å². The monoisotopic (exact) mass is 375 g/mol. The first kappa shape index (κ1) is 16.4. The van der Waals surface area contributed by atoms with Crippen molar-refractivity contribution in [2.75, 3.05) is 0 Å². The molecule has 2 rings (SSSR count). The Labute approximate surface area is 131 Å². The van der Waals surface area contributed by atoms with Gasteiger partial charge in [-0.2, -0.15) is 13.2 Å². The molecule has 0 aliphatic carbocycles. The third-order valence-corrected chi connectivity index (χ3v) is 3.69. The third kappa shape index (κ3) is 2.71. The Balaban J connectivity index is 2.77. The molecule has 2 aromatic rings. The van der Waals surface area contributed by atoms with Gasteiger partial charge in [-0.1, -0.05) is 40.2 Å². The standard InChI is InChI=1S/C14H9BrF3NO3/c15-10-7-5-9(6-8-10)13(20,14(16,17)18)11-3-1-2-4-12(11)19(21)22/h1-8,20H. The van der Waals surface area contributed by atoms with E-state index in [1.807, 2.05) is 0 Å². The van der Waals surface area contributed by atoms with Crippen LogP contribution in [0.4, 0.5) is 18.9 Å². The summed E-state index contributed by atoms with van der Waals surface area (Å²) >= 11 is 3.09. The maximum absolute atomic E-state index is 13.5. The molecular formula is C14H9BrF3NO3. The van der Waals surface area contributed by atoms with Crippen molar-refractivity contribution in [2.45, 2.75) is 11.8 Å². The van der Waals surface area contributed by atoms with E-state index in [1.165, 1.54) is 24.3 Å². The van der Waals surface area contributed by atoms with Crippen LogP contribution >= 0.6 is 15.9 Å². The predicted octanol–water partition coefficient (Wildman–Crippen LogP) is 4.16. The number of alkyl halides is 3. The molecule has 0 heterocycles. The van der Waals surface area contributed by atoms with Crippen LogP contribution in [0.1, 0.15) is 11.1 Å². The van der Waals surface area contributed by atoms with E-state index in [0.29, 0.717) is 4.47 Å². The van der Waals surface area contributed by atoms with Crippen LogP contribution in [-0.2, 0) is 5.60 Å². The third-order valence-electron chi connectivity index (χ3n) is 3.16. The largest absolute Gasteiger partial charge is 0.426 e. The van der Waals surface area contributed by atoms with Crippen LogP contribution in [0.5, 0.6) is 0 Å². The average molecular weight is 376 g/mol. The number of benzene rings is 2. The molecule has 4 nitrogen and oxygen atoms in total. The molecule has 0 spiro atoms. The fourth-order valence-corrected chi connectivity index (χ4v) is 2.37. The topological polar surface area (TPSA) is 63.4 Å². The van der Waals surface area contributed by atoms with Gasteiger partial charge in [-0.15, -0.1) is 0 Å². The molecule has 0 saturated heterocycles. The highest BCUT2D eigenvalue weighted by Crippen LogP contribution is 2.47. The highest BCUT2D eigenvalue weighted by molar-refractivity contribution is 9.10. The van der Waals surface area contributed by atoms with Gasteiger partial charge in [0.15, 0.2) is 0 Å². The molecule has 22 heavy (non-hydrogen) atoms. The molecule has 2 aromatic carbocycles. The molecule has 0 amide bonds. The van der Waals surface area contributed by atoms with Crippen LogP contribution in [0.25, 0.3) is 0 Å². The van der Waals surface area contributed by atoms with Gasteiger partial charge in [-0.05, 0) is 23.8 Å².